The number of nitrogens with two attached hydrogens (primary N) is 1. The summed E-state index contributed by atoms with van der Waals surface area (Å²) in [4.78, 5) is 4.25. The molecule has 3 N–H and O–H groups in total. The molecule has 0 amide bonds. The Hall–Kier alpha value is -1.95. The molecule has 0 aliphatic heterocycles. The van der Waals surface area contributed by atoms with Crippen molar-refractivity contribution in [1.29, 1.82) is 0 Å². The summed E-state index contributed by atoms with van der Waals surface area (Å²) in [6, 6.07) is 9.07. The first-order valence-corrected chi connectivity index (χ1v) is 6.34. The number of ether oxygens (including phenoxy) is 2. The van der Waals surface area contributed by atoms with E-state index in [4.69, 9.17) is 15.2 Å². The van der Waals surface area contributed by atoms with Crippen LogP contribution >= 0.6 is 15.9 Å². The molecule has 0 saturated heterocycles. The summed E-state index contributed by atoms with van der Waals surface area (Å²) in [5, 5.41) is 3.14. The van der Waals surface area contributed by atoms with Gasteiger partial charge in [0.1, 0.15) is 5.75 Å². The monoisotopic (exact) mass is 323 g/mol. The van der Waals surface area contributed by atoms with E-state index in [0.717, 1.165) is 15.9 Å². The normalized spacial score (nSPS) is 10.1. The van der Waals surface area contributed by atoms with Crippen LogP contribution in [0.3, 0.4) is 0 Å². The van der Waals surface area contributed by atoms with Crippen molar-refractivity contribution in [2.45, 2.75) is 0 Å². The molecule has 0 unspecified atom stereocenters. The lowest BCUT2D eigenvalue weighted by Crippen LogP contribution is -2.00. The second kappa shape index (κ2) is 5.79. The van der Waals surface area contributed by atoms with Gasteiger partial charge in [0.15, 0.2) is 5.82 Å². The highest BCUT2D eigenvalue weighted by atomic mass is 79.9. The Morgan fingerprint density at radius 3 is 2.58 bits per heavy atom. The minimum atomic E-state index is 0.504. The van der Waals surface area contributed by atoms with E-state index in [1.807, 2.05) is 18.2 Å². The molecule has 2 rings (SSSR count). The predicted octanol–water partition coefficient (Wildman–Crippen LogP) is 3.19. The van der Waals surface area contributed by atoms with Crippen molar-refractivity contribution in [3.05, 3.63) is 34.8 Å². The summed E-state index contributed by atoms with van der Waals surface area (Å²) in [5.74, 6) is 1.82. The highest BCUT2D eigenvalue weighted by molar-refractivity contribution is 9.10. The van der Waals surface area contributed by atoms with Crippen molar-refractivity contribution in [3.8, 4) is 11.6 Å². The minimum Gasteiger partial charge on any atom is -0.496 e. The van der Waals surface area contributed by atoms with E-state index < -0.39 is 0 Å². The minimum absolute atomic E-state index is 0.504. The highest BCUT2D eigenvalue weighted by Crippen LogP contribution is 2.30. The van der Waals surface area contributed by atoms with Gasteiger partial charge in [-0.05, 0) is 40.2 Å². The van der Waals surface area contributed by atoms with Gasteiger partial charge in [-0.1, -0.05) is 0 Å². The molecule has 100 valence electrons. The summed E-state index contributed by atoms with van der Waals surface area (Å²) < 4.78 is 11.1. The van der Waals surface area contributed by atoms with Crippen molar-refractivity contribution >= 4 is 33.1 Å². The number of anilines is 3. The number of benzene rings is 1. The third kappa shape index (κ3) is 3.08. The third-order valence-corrected chi connectivity index (χ3v) is 3.14. The van der Waals surface area contributed by atoms with Gasteiger partial charge in [-0.15, -0.1) is 0 Å². The summed E-state index contributed by atoms with van der Waals surface area (Å²) in [6.45, 7) is 0. The van der Waals surface area contributed by atoms with Crippen molar-refractivity contribution in [2.75, 3.05) is 25.3 Å². The quantitative estimate of drug-likeness (QED) is 0.904. The first-order valence-electron chi connectivity index (χ1n) is 5.55. The number of hydrogen-bond acceptors (Lipinski definition) is 5. The number of hydrogen-bond donors (Lipinski definition) is 2. The maximum Gasteiger partial charge on any atom is 0.215 e. The number of nitrogens with zero attached hydrogens (tertiary/aromatic N) is 1. The van der Waals surface area contributed by atoms with E-state index in [1.165, 1.54) is 0 Å². The summed E-state index contributed by atoms with van der Waals surface area (Å²) >= 11 is 3.43. The zero-order valence-corrected chi connectivity index (χ0v) is 12.2. The van der Waals surface area contributed by atoms with E-state index in [0.29, 0.717) is 17.4 Å². The molecule has 1 heterocycles. The van der Waals surface area contributed by atoms with Crippen LogP contribution in [0.15, 0.2) is 34.8 Å². The Labute approximate surface area is 119 Å². The van der Waals surface area contributed by atoms with Gasteiger partial charge in [0.25, 0.3) is 0 Å². The number of nitrogens with one attached hydrogen (secondary N) is 1. The maximum atomic E-state index is 5.87. The number of pyridine rings is 1. The van der Waals surface area contributed by atoms with Gasteiger partial charge >= 0.3 is 0 Å². The van der Waals surface area contributed by atoms with Crippen LogP contribution in [0.1, 0.15) is 0 Å². The molecule has 0 aliphatic carbocycles. The van der Waals surface area contributed by atoms with Gasteiger partial charge in [0.05, 0.1) is 24.4 Å². The van der Waals surface area contributed by atoms with Crippen LogP contribution in [0.2, 0.25) is 0 Å². The molecule has 2 aromatic rings. The number of nitrogen functional groups attached to an aromatic ring is 1. The highest BCUT2D eigenvalue weighted by Gasteiger charge is 2.06. The van der Waals surface area contributed by atoms with Gasteiger partial charge in [-0.25, -0.2) is 0 Å². The zero-order valence-electron chi connectivity index (χ0n) is 10.6. The third-order valence-electron chi connectivity index (χ3n) is 2.52. The zero-order chi connectivity index (χ0) is 13.8. The Morgan fingerprint density at radius 1 is 1.16 bits per heavy atom. The van der Waals surface area contributed by atoms with E-state index >= 15 is 0 Å². The summed E-state index contributed by atoms with van der Waals surface area (Å²) in [7, 11) is 3.18. The largest absolute Gasteiger partial charge is 0.496 e. The molecule has 0 saturated carbocycles. The topological polar surface area (TPSA) is 69.4 Å². The molecule has 1 aromatic heterocycles. The average molecular weight is 324 g/mol. The molecular formula is C13H14BrN3O2. The van der Waals surface area contributed by atoms with Crippen LogP contribution in [-0.2, 0) is 0 Å². The fourth-order valence-corrected chi connectivity index (χ4v) is 2.09. The number of halogens is 1. The Kier molecular flexibility index (Phi) is 4.11. The summed E-state index contributed by atoms with van der Waals surface area (Å²) in [5.41, 5.74) is 7.27. The van der Waals surface area contributed by atoms with Crippen LogP contribution < -0.4 is 20.5 Å². The molecular weight excluding hydrogens is 310 g/mol. The molecule has 0 radical (unpaired) electrons. The Morgan fingerprint density at radius 2 is 1.95 bits per heavy atom. The van der Waals surface area contributed by atoms with E-state index in [2.05, 4.69) is 26.2 Å². The Bertz CT molecular complexity index is 590. The SMILES string of the molecule is COc1ccc(N)c(Nc2ccc(OC)c(Br)c2)n1. The Balaban J connectivity index is 2.28. The molecule has 0 fully saturated rings. The van der Waals surface area contributed by atoms with Crippen molar-refractivity contribution in [1.82, 2.24) is 4.98 Å². The standard InChI is InChI=1S/C13H14BrN3O2/c1-18-11-5-3-8(7-9(11)14)16-13-10(15)4-6-12(17-13)19-2/h3-7H,15H2,1-2H3,(H,16,17). The lowest BCUT2D eigenvalue weighted by molar-refractivity contribution is 0.398. The van der Waals surface area contributed by atoms with Gasteiger partial charge < -0.3 is 20.5 Å². The van der Waals surface area contributed by atoms with E-state index in [9.17, 15) is 0 Å². The molecule has 19 heavy (non-hydrogen) atoms. The van der Waals surface area contributed by atoms with E-state index in [1.54, 1.807) is 26.4 Å². The second-order valence-electron chi connectivity index (χ2n) is 3.77. The van der Waals surface area contributed by atoms with Gasteiger partial charge in [0.2, 0.25) is 5.88 Å². The van der Waals surface area contributed by atoms with Crippen molar-refractivity contribution in [3.63, 3.8) is 0 Å². The van der Waals surface area contributed by atoms with Crippen LogP contribution in [0, 0.1) is 0 Å². The predicted molar refractivity (Wildman–Crippen MR) is 79.2 cm³/mol. The molecule has 0 spiro atoms. The number of aromatic nitrogens is 1. The van der Waals surface area contributed by atoms with Crippen LogP contribution in [0.4, 0.5) is 17.2 Å². The smallest absolute Gasteiger partial charge is 0.215 e. The van der Waals surface area contributed by atoms with Gasteiger partial charge in [0, 0.05) is 11.8 Å². The fourth-order valence-electron chi connectivity index (χ4n) is 1.55. The molecule has 0 atom stereocenters. The molecule has 0 bridgehead atoms. The number of rotatable bonds is 4. The molecule has 5 nitrogen and oxygen atoms in total. The molecule has 6 heteroatoms. The lowest BCUT2D eigenvalue weighted by atomic mass is 10.3. The lowest BCUT2D eigenvalue weighted by Gasteiger charge is -2.11. The van der Waals surface area contributed by atoms with Gasteiger partial charge in [-0.2, -0.15) is 4.98 Å². The first kappa shape index (κ1) is 13.5. The van der Waals surface area contributed by atoms with Gasteiger partial charge in [-0.3, -0.25) is 0 Å². The van der Waals surface area contributed by atoms with Crippen LogP contribution in [0.25, 0.3) is 0 Å². The summed E-state index contributed by atoms with van der Waals surface area (Å²) in [6.07, 6.45) is 0. The van der Waals surface area contributed by atoms with Crippen molar-refractivity contribution in [2.24, 2.45) is 0 Å². The molecule has 0 aliphatic rings. The van der Waals surface area contributed by atoms with Crippen LogP contribution in [0.5, 0.6) is 11.6 Å². The average Bonchev–Trinajstić information content (AvgIpc) is 2.41. The van der Waals surface area contributed by atoms with E-state index in [-0.39, 0.29) is 0 Å². The van der Waals surface area contributed by atoms with Crippen LogP contribution in [-0.4, -0.2) is 19.2 Å². The fraction of sp³-hybridized carbons (Fsp3) is 0.154. The first-order chi connectivity index (χ1) is 9.13. The van der Waals surface area contributed by atoms with Crippen molar-refractivity contribution < 1.29 is 9.47 Å². The maximum absolute atomic E-state index is 5.87. The molecule has 1 aromatic carbocycles. The second-order valence-corrected chi connectivity index (χ2v) is 4.62. The number of methoxy groups -OCH3 is 2.